The zero-order chi connectivity index (χ0) is 25.1. The predicted molar refractivity (Wildman–Crippen MR) is 140 cm³/mol. The molecule has 3 unspecified atom stereocenters. The lowest BCUT2D eigenvalue weighted by atomic mass is 9.76. The SMILES string of the molecule is CNC(C)C(=O)CC(C(=O)N1CCCC1Cn1cc(C(C)=O)c2c(C)cccc21)C1CCCCC1. The summed E-state index contributed by atoms with van der Waals surface area (Å²) in [6.45, 7) is 6.98. The Hall–Kier alpha value is -2.47. The van der Waals surface area contributed by atoms with Crippen LogP contribution in [0, 0.1) is 18.8 Å². The number of Topliss-reactive ketones (excluding diaryl/α,β-unsaturated/α-hetero) is 2. The molecule has 2 heterocycles. The standard InChI is InChI=1S/C29H41N3O3/c1-19-10-8-14-26-28(19)25(21(3)33)18-31(26)17-23-13-9-15-32(23)29(35)24(16-27(34)20(2)30-4)22-11-6-5-7-12-22/h8,10,14,18,20,22-24,30H,5-7,9,11-13,15-17H2,1-4H3. The maximum absolute atomic E-state index is 14.0. The highest BCUT2D eigenvalue weighted by Crippen LogP contribution is 2.35. The van der Waals surface area contributed by atoms with Gasteiger partial charge in [-0.2, -0.15) is 0 Å². The first kappa shape index (κ1) is 25.6. The van der Waals surface area contributed by atoms with Gasteiger partial charge in [0.05, 0.1) is 6.04 Å². The Morgan fingerprint density at radius 2 is 1.83 bits per heavy atom. The smallest absolute Gasteiger partial charge is 0.226 e. The lowest BCUT2D eigenvalue weighted by molar-refractivity contribution is -0.141. The van der Waals surface area contributed by atoms with Gasteiger partial charge in [-0.15, -0.1) is 0 Å². The quantitative estimate of drug-likeness (QED) is 0.519. The lowest BCUT2D eigenvalue weighted by Crippen LogP contribution is -2.45. The Labute approximate surface area is 209 Å². The maximum Gasteiger partial charge on any atom is 0.226 e. The van der Waals surface area contributed by atoms with E-state index in [4.69, 9.17) is 0 Å². The highest BCUT2D eigenvalue weighted by molar-refractivity contribution is 6.08. The van der Waals surface area contributed by atoms with E-state index >= 15 is 0 Å². The molecule has 1 aliphatic carbocycles. The van der Waals surface area contributed by atoms with Crippen molar-refractivity contribution < 1.29 is 14.4 Å². The van der Waals surface area contributed by atoms with Crippen LogP contribution >= 0.6 is 0 Å². The molecule has 6 heteroatoms. The highest BCUT2D eigenvalue weighted by Gasteiger charge is 2.39. The normalized spacial score (nSPS) is 20.8. The average molecular weight is 480 g/mol. The van der Waals surface area contributed by atoms with E-state index in [0.29, 0.717) is 18.9 Å². The number of hydrogen-bond donors (Lipinski definition) is 1. The number of benzene rings is 1. The molecular formula is C29H41N3O3. The molecular weight excluding hydrogens is 438 g/mol. The van der Waals surface area contributed by atoms with E-state index in [-0.39, 0.29) is 35.5 Å². The Kier molecular flexibility index (Phi) is 8.10. The first-order valence-corrected chi connectivity index (χ1v) is 13.4. The van der Waals surface area contributed by atoms with Gasteiger partial charge in [-0.1, -0.05) is 31.4 Å². The van der Waals surface area contributed by atoms with Crippen LogP contribution in [0.3, 0.4) is 0 Å². The molecule has 3 atom stereocenters. The number of amides is 1. The van der Waals surface area contributed by atoms with Gasteiger partial charge in [-0.05, 0) is 71.0 Å². The number of aromatic nitrogens is 1. The van der Waals surface area contributed by atoms with Crippen LogP contribution in [0.15, 0.2) is 24.4 Å². The van der Waals surface area contributed by atoms with Crippen LogP contribution in [0.1, 0.15) is 81.1 Å². The van der Waals surface area contributed by atoms with Gasteiger partial charge in [0.15, 0.2) is 5.78 Å². The van der Waals surface area contributed by atoms with Gasteiger partial charge in [0, 0.05) is 54.1 Å². The monoisotopic (exact) mass is 479 g/mol. The molecule has 2 fully saturated rings. The highest BCUT2D eigenvalue weighted by atomic mass is 16.2. The molecule has 1 amide bonds. The van der Waals surface area contributed by atoms with Crippen molar-refractivity contribution in [1.29, 1.82) is 0 Å². The fourth-order valence-electron chi connectivity index (χ4n) is 6.25. The number of rotatable bonds is 9. The molecule has 1 aromatic carbocycles. The van der Waals surface area contributed by atoms with E-state index in [0.717, 1.165) is 67.1 Å². The van der Waals surface area contributed by atoms with Gasteiger partial charge in [-0.25, -0.2) is 0 Å². The van der Waals surface area contributed by atoms with Crippen molar-refractivity contribution in [3.63, 3.8) is 0 Å². The van der Waals surface area contributed by atoms with Gasteiger partial charge in [-0.3, -0.25) is 14.4 Å². The third kappa shape index (κ3) is 5.37. The van der Waals surface area contributed by atoms with E-state index in [1.165, 1.54) is 6.42 Å². The molecule has 1 aliphatic heterocycles. The Bertz CT molecular complexity index is 1080. The second kappa shape index (κ2) is 11.1. The number of aryl methyl sites for hydroxylation is 1. The lowest BCUT2D eigenvalue weighted by Gasteiger charge is -2.35. The van der Waals surface area contributed by atoms with Crippen molar-refractivity contribution in [1.82, 2.24) is 14.8 Å². The molecule has 35 heavy (non-hydrogen) atoms. The van der Waals surface area contributed by atoms with Crippen LogP contribution in [-0.4, -0.2) is 52.6 Å². The second-order valence-electron chi connectivity index (χ2n) is 10.7. The Morgan fingerprint density at radius 3 is 2.51 bits per heavy atom. The van der Waals surface area contributed by atoms with Crippen molar-refractivity contribution >= 4 is 28.4 Å². The minimum atomic E-state index is -0.234. The molecule has 2 aromatic rings. The minimum absolute atomic E-state index is 0.0666. The summed E-state index contributed by atoms with van der Waals surface area (Å²) in [4.78, 5) is 41.3. The number of nitrogens with one attached hydrogen (secondary N) is 1. The molecule has 1 N–H and O–H groups in total. The molecule has 1 aromatic heterocycles. The largest absolute Gasteiger partial charge is 0.345 e. The van der Waals surface area contributed by atoms with Crippen LogP contribution in [0.5, 0.6) is 0 Å². The Morgan fingerprint density at radius 1 is 1.09 bits per heavy atom. The summed E-state index contributed by atoms with van der Waals surface area (Å²) >= 11 is 0. The summed E-state index contributed by atoms with van der Waals surface area (Å²) in [6.07, 6.45) is 9.83. The average Bonchev–Trinajstić information content (AvgIpc) is 3.48. The van der Waals surface area contributed by atoms with Gasteiger partial charge in [0.2, 0.25) is 5.91 Å². The summed E-state index contributed by atoms with van der Waals surface area (Å²) in [7, 11) is 1.80. The zero-order valence-electron chi connectivity index (χ0n) is 21.8. The summed E-state index contributed by atoms with van der Waals surface area (Å²) < 4.78 is 2.17. The molecule has 1 saturated heterocycles. The summed E-state index contributed by atoms with van der Waals surface area (Å²) in [5, 5.41) is 4.07. The third-order valence-electron chi connectivity index (χ3n) is 8.43. The van der Waals surface area contributed by atoms with Crippen LogP contribution in [0.4, 0.5) is 0 Å². The minimum Gasteiger partial charge on any atom is -0.345 e. The number of hydrogen-bond acceptors (Lipinski definition) is 4. The van der Waals surface area contributed by atoms with Crippen LogP contribution in [-0.2, 0) is 16.1 Å². The molecule has 0 radical (unpaired) electrons. The van der Waals surface area contributed by atoms with E-state index in [2.05, 4.69) is 20.9 Å². The molecule has 1 saturated carbocycles. The first-order valence-electron chi connectivity index (χ1n) is 13.4. The van der Waals surface area contributed by atoms with Crippen LogP contribution in [0.2, 0.25) is 0 Å². The summed E-state index contributed by atoms with van der Waals surface area (Å²) in [6, 6.07) is 5.99. The molecule has 2 aliphatic rings. The fraction of sp³-hybridized carbons (Fsp3) is 0.621. The summed E-state index contributed by atoms with van der Waals surface area (Å²) in [5.74, 6) is 0.429. The molecule has 0 spiro atoms. The zero-order valence-corrected chi connectivity index (χ0v) is 21.8. The molecule has 4 rings (SSSR count). The van der Waals surface area contributed by atoms with E-state index < -0.39 is 0 Å². The number of likely N-dealkylation sites (tertiary alicyclic amines) is 1. The van der Waals surface area contributed by atoms with Crippen molar-refractivity contribution in [2.45, 2.75) is 90.8 Å². The number of nitrogens with zero attached hydrogens (tertiary/aromatic N) is 2. The Balaban J connectivity index is 1.59. The van der Waals surface area contributed by atoms with Gasteiger partial charge < -0.3 is 14.8 Å². The van der Waals surface area contributed by atoms with Crippen molar-refractivity contribution in [2.75, 3.05) is 13.6 Å². The molecule has 0 bridgehead atoms. The van der Waals surface area contributed by atoms with Gasteiger partial charge in [0.25, 0.3) is 0 Å². The molecule has 6 nitrogen and oxygen atoms in total. The first-order chi connectivity index (χ1) is 16.8. The molecule has 190 valence electrons. The predicted octanol–water partition coefficient (Wildman–Crippen LogP) is 4.91. The van der Waals surface area contributed by atoms with Gasteiger partial charge in [0.1, 0.15) is 5.78 Å². The van der Waals surface area contributed by atoms with Crippen LogP contribution < -0.4 is 5.32 Å². The third-order valence-corrected chi connectivity index (χ3v) is 8.43. The van der Waals surface area contributed by atoms with Crippen molar-refractivity contribution in [3.05, 3.63) is 35.5 Å². The van der Waals surface area contributed by atoms with E-state index in [1.807, 2.05) is 32.2 Å². The number of carbonyl (C=O) groups is 3. The number of carbonyl (C=O) groups excluding carboxylic acids is 3. The van der Waals surface area contributed by atoms with E-state index in [1.54, 1.807) is 14.0 Å². The number of ketones is 2. The van der Waals surface area contributed by atoms with E-state index in [9.17, 15) is 14.4 Å². The number of likely N-dealkylation sites (N-methyl/N-ethyl adjacent to an activating group) is 1. The van der Waals surface area contributed by atoms with Crippen LogP contribution in [0.25, 0.3) is 10.9 Å². The van der Waals surface area contributed by atoms with Crippen molar-refractivity contribution in [2.24, 2.45) is 11.8 Å². The van der Waals surface area contributed by atoms with Gasteiger partial charge >= 0.3 is 0 Å². The maximum atomic E-state index is 14.0. The second-order valence-corrected chi connectivity index (χ2v) is 10.7. The topological polar surface area (TPSA) is 71.4 Å². The number of fused-ring (bicyclic) bond motifs is 1. The van der Waals surface area contributed by atoms with Crippen molar-refractivity contribution in [3.8, 4) is 0 Å². The fourth-order valence-corrected chi connectivity index (χ4v) is 6.25. The summed E-state index contributed by atoms with van der Waals surface area (Å²) in [5.41, 5.74) is 2.90.